The topological polar surface area (TPSA) is 76.3 Å². The Kier molecular flexibility index (Phi) is 4.90. The Balaban J connectivity index is 1.55. The molecule has 3 heterocycles. The maximum Gasteiger partial charge on any atom is 0.285 e. The number of anilines is 1. The molecule has 0 amide bonds. The molecule has 2 aliphatic rings. The van der Waals surface area contributed by atoms with Gasteiger partial charge in [0.15, 0.2) is 0 Å². The number of hydrogen-bond acceptors (Lipinski definition) is 6. The minimum absolute atomic E-state index is 0.0646. The van der Waals surface area contributed by atoms with Crippen LogP contribution in [0.2, 0.25) is 5.02 Å². The first-order valence-electron chi connectivity index (χ1n) is 8.50. The Morgan fingerprint density at radius 2 is 2.14 bits per heavy atom. The number of aromatic nitrogens is 2. The van der Waals surface area contributed by atoms with Gasteiger partial charge in [-0.1, -0.05) is 17.7 Å². The highest BCUT2D eigenvalue weighted by Crippen LogP contribution is 2.31. The summed E-state index contributed by atoms with van der Waals surface area (Å²) in [6.07, 6.45) is -0.686. The molecular weight excluding hydrogens is 397 g/mol. The van der Waals surface area contributed by atoms with Crippen molar-refractivity contribution >= 4 is 17.3 Å². The largest absolute Gasteiger partial charge is 0.363 e. The zero-order valence-corrected chi connectivity index (χ0v) is 15.2. The van der Waals surface area contributed by atoms with Gasteiger partial charge in [0.1, 0.15) is 10.8 Å². The lowest BCUT2D eigenvalue weighted by Gasteiger charge is -2.31. The molecule has 0 unspecified atom stereocenters. The van der Waals surface area contributed by atoms with Crippen LogP contribution in [0.1, 0.15) is 24.0 Å². The molecule has 2 aliphatic heterocycles. The quantitative estimate of drug-likeness (QED) is 0.716. The minimum atomic E-state index is -2.76. The predicted molar refractivity (Wildman–Crippen MR) is 96.9 cm³/mol. The van der Waals surface area contributed by atoms with Gasteiger partial charge in [0.05, 0.1) is 36.4 Å². The second-order valence-electron chi connectivity index (χ2n) is 6.46. The number of aromatic amines is 1. The number of nitrogens with zero attached hydrogens (tertiary/aromatic N) is 3. The summed E-state index contributed by atoms with van der Waals surface area (Å²) in [5.74, 6) is -0.692. The zero-order chi connectivity index (χ0) is 19.8. The molecule has 7 nitrogen and oxygen atoms in total. The molecule has 0 aliphatic carbocycles. The Labute approximate surface area is 162 Å². The van der Waals surface area contributed by atoms with E-state index in [9.17, 15) is 18.0 Å². The second kappa shape index (κ2) is 7.36. The number of alkyl halides is 2. The lowest BCUT2D eigenvalue weighted by atomic mass is 10.1. The molecule has 0 radical (unpaired) electrons. The average Bonchev–Trinajstić information content (AvgIpc) is 3.07. The molecule has 0 saturated heterocycles. The van der Waals surface area contributed by atoms with E-state index in [2.05, 4.69) is 21.2 Å². The van der Waals surface area contributed by atoms with E-state index < -0.39 is 17.8 Å². The summed E-state index contributed by atoms with van der Waals surface area (Å²) in [5.41, 5.74) is 7.80. The van der Waals surface area contributed by atoms with Gasteiger partial charge in [-0.3, -0.25) is 9.80 Å². The summed E-state index contributed by atoms with van der Waals surface area (Å²) in [7, 11) is 0. The molecule has 0 bridgehead atoms. The molecule has 11 heteroatoms. The number of benzene rings is 1. The van der Waals surface area contributed by atoms with Crippen LogP contribution in [-0.2, 0) is 6.54 Å². The van der Waals surface area contributed by atoms with Gasteiger partial charge in [0, 0.05) is 18.5 Å². The van der Waals surface area contributed by atoms with E-state index in [4.69, 9.17) is 11.6 Å². The molecule has 0 spiro atoms. The monoisotopic (exact) mass is 412 g/mol. The van der Waals surface area contributed by atoms with Crippen LogP contribution in [-0.4, -0.2) is 28.3 Å². The summed E-state index contributed by atoms with van der Waals surface area (Å²) in [6, 6.07) is 3.40. The van der Waals surface area contributed by atoms with Crippen LogP contribution in [0, 0.1) is 5.82 Å². The Morgan fingerprint density at radius 3 is 2.93 bits per heavy atom. The van der Waals surface area contributed by atoms with Crippen LogP contribution in [0.3, 0.4) is 0 Å². The molecule has 1 aromatic carbocycles. The molecule has 0 fully saturated rings. The third-order valence-corrected chi connectivity index (χ3v) is 5.14. The number of hydrazine groups is 2. The lowest BCUT2D eigenvalue weighted by molar-refractivity contribution is 0.147. The number of rotatable bonds is 4. The minimum Gasteiger partial charge on any atom is -0.363 e. The molecule has 148 valence electrons. The molecule has 3 N–H and O–H groups in total. The van der Waals surface area contributed by atoms with Gasteiger partial charge in [-0.15, -0.1) is 5.53 Å². The first-order chi connectivity index (χ1) is 13.4. The van der Waals surface area contributed by atoms with Crippen LogP contribution < -0.4 is 21.4 Å². The van der Waals surface area contributed by atoms with E-state index in [1.165, 1.54) is 18.3 Å². The zero-order valence-electron chi connectivity index (χ0n) is 14.5. The summed E-state index contributed by atoms with van der Waals surface area (Å²) >= 11 is 6.08. The van der Waals surface area contributed by atoms with Gasteiger partial charge in [0.25, 0.3) is 12.0 Å². The fraction of sp³-hybridized carbons (Fsp3) is 0.294. The van der Waals surface area contributed by atoms with E-state index >= 15 is 0 Å². The number of hydrogen-bond donors (Lipinski definition) is 3. The van der Waals surface area contributed by atoms with Crippen molar-refractivity contribution in [1.29, 1.82) is 0 Å². The first kappa shape index (κ1) is 18.6. The fourth-order valence-electron chi connectivity index (χ4n) is 3.38. The Morgan fingerprint density at radius 1 is 1.32 bits per heavy atom. The first-order valence-corrected chi connectivity index (χ1v) is 8.87. The second-order valence-corrected chi connectivity index (χ2v) is 6.84. The van der Waals surface area contributed by atoms with Crippen LogP contribution >= 0.6 is 11.6 Å². The van der Waals surface area contributed by atoms with E-state index in [1.807, 2.05) is 4.90 Å². The molecule has 28 heavy (non-hydrogen) atoms. The number of halogens is 4. The van der Waals surface area contributed by atoms with Gasteiger partial charge >= 0.3 is 0 Å². The highest BCUT2D eigenvalue weighted by atomic mass is 35.5. The molecule has 0 saturated carbocycles. The molecule has 4 rings (SSSR count). The van der Waals surface area contributed by atoms with Crippen molar-refractivity contribution in [2.45, 2.75) is 19.4 Å². The molecule has 1 aromatic heterocycles. The molecular formula is C17H16ClF3N6O. The molecule has 0 atom stereocenters. The van der Waals surface area contributed by atoms with Gasteiger partial charge in [-0.2, -0.15) is 5.10 Å². The number of nitrogens with one attached hydrogen (secondary N) is 3. The summed E-state index contributed by atoms with van der Waals surface area (Å²) in [4.78, 5) is 13.6. The SMILES string of the molecule is O=c1[nH]ncc(N2CCC3=C(C2)NNN3Cc2ccc(F)cc2C(F)F)c1Cl. The summed E-state index contributed by atoms with van der Waals surface area (Å²) in [5, 5.41) is 7.85. The van der Waals surface area contributed by atoms with Crippen molar-refractivity contribution in [1.82, 2.24) is 26.2 Å². The smallest absolute Gasteiger partial charge is 0.285 e. The summed E-state index contributed by atoms with van der Waals surface area (Å²) < 4.78 is 39.8. The lowest BCUT2D eigenvalue weighted by Crippen LogP contribution is -2.37. The van der Waals surface area contributed by atoms with Gasteiger partial charge in [-0.25, -0.2) is 18.3 Å². The van der Waals surface area contributed by atoms with Crippen LogP contribution in [0.15, 0.2) is 40.6 Å². The summed E-state index contributed by atoms with van der Waals surface area (Å²) in [6.45, 7) is 1.16. The predicted octanol–water partition coefficient (Wildman–Crippen LogP) is 2.45. The van der Waals surface area contributed by atoms with E-state index in [0.29, 0.717) is 30.8 Å². The maximum absolute atomic E-state index is 13.3. The maximum atomic E-state index is 13.3. The van der Waals surface area contributed by atoms with Gasteiger partial charge in [-0.05, 0) is 17.7 Å². The van der Waals surface area contributed by atoms with E-state index in [-0.39, 0.29) is 17.1 Å². The van der Waals surface area contributed by atoms with Crippen molar-refractivity contribution in [3.05, 3.63) is 68.1 Å². The van der Waals surface area contributed by atoms with E-state index in [0.717, 1.165) is 17.5 Å². The van der Waals surface area contributed by atoms with Crippen molar-refractivity contribution < 1.29 is 13.2 Å². The average molecular weight is 413 g/mol. The van der Waals surface area contributed by atoms with Gasteiger partial charge in [0.2, 0.25) is 0 Å². The Hall–Kier alpha value is -2.72. The van der Waals surface area contributed by atoms with Gasteiger partial charge < -0.3 is 10.3 Å². The van der Waals surface area contributed by atoms with Crippen LogP contribution in [0.5, 0.6) is 0 Å². The highest BCUT2D eigenvalue weighted by molar-refractivity contribution is 6.33. The normalized spacial score (nSPS) is 16.6. The molecule has 2 aromatic rings. The number of H-pyrrole nitrogens is 1. The Bertz CT molecular complexity index is 995. The fourth-order valence-corrected chi connectivity index (χ4v) is 3.59. The van der Waals surface area contributed by atoms with Crippen molar-refractivity contribution in [2.75, 3.05) is 18.0 Å². The van der Waals surface area contributed by atoms with Crippen molar-refractivity contribution in [3.63, 3.8) is 0 Å². The van der Waals surface area contributed by atoms with Crippen molar-refractivity contribution in [3.8, 4) is 0 Å². The third kappa shape index (κ3) is 3.40. The standard InChI is InChI=1S/C17H16ClF3N6O/c18-15-14(6-22-24-17(15)28)26-4-3-13-12(8-26)23-25-27(13)7-9-1-2-10(19)5-11(9)16(20)21/h1-2,5-6,16,23,25H,3-4,7-8H2,(H,24,28). The van der Waals surface area contributed by atoms with Crippen LogP contribution in [0.4, 0.5) is 18.9 Å². The van der Waals surface area contributed by atoms with Crippen molar-refractivity contribution in [2.24, 2.45) is 0 Å². The highest BCUT2D eigenvalue weighted by Gasteiger charge is 2.30. The van der Waals surface area contributed by atoms with Crippen LogP contribution in [0.25, 0.3) is 0 Å². The third-order valence-electron chi connectivity index (χ3n) is 4.77. The van der Waals surface area contributed by atoms with E-state index in [1.54, 1.807) is 5.01 Å².